The van der Waals surface area contributed by atoms with E-state index in [1.54, 1.807) is 0 Å². The fraction of sp³-hybridized carbons (Fsp3) is 1.00. The summed E-state index contributed by atoms with van der Waals surface area (Å²) in [7, 11) is 2.06. The molecule has 4 fully saturated rings. The summed E-state index contributed by atoms with van der Waals surface area (Å²) in [6, 6.07) is 0. The number of nitrogens with zero attached hydrogens (tertiary/aromatic N) is 2. The molecule has 0 spiro atoms. The van der Waals surface area contributed by atoms with Crippen LogP contribution in [0.15, 0.2) is 0 Å². The Morgan fingerprint density at radius 2 is 1.02 bits per heavy atom. The zero-order valence-electron chi connectivity index (χ0n) is 30.5. The summed E-state index contributed by atoms with van der Waals surface area (Å²) in [5, 5.41) is 38.3. The Bertz CT molecular complexity index is 755. The molecule has 0 radical (unpaired) electrons. The standard InChI is InChI=1S/C10H21NO.C9H19NO.C8H16O2.C8H16OS/c1-5-11-6-8(9(12)7-11)10(2,3)4;1-9(2,3)7-5-10(4)6-8(7)11;2*1-8(2,3)6-4-10-5-7(6)9/h8-9,12H,5-7H2,1-4H3;7-8,11H,5-6H2,1-4H3;2*6-7,9H,4-5H2,1-3H3/t8-,9-;7-,8-;2*6-,7-/m1111/s1. The molecule has 4 saturated heterocycles. The first-order valence-corrected chi connectivity index (χ1v) is 17.8. The van der Waals surface area contributed by atoms with E-state index in [0.717, 1.165) is 44.2 Å². The highest BCUT2D eigenvalue weighted by molar-refractivity contribution is 7.99. The van der Waals surface area contributed by atoms with Crippen molar-refractivity contribution in [3.63, 3.8) is 0 Å². The highest BCUT2D eigenvalue weighted by Gasteiger charge is 2.39. The van der Waals surface area contributed by atoms with Crippen molar-refractivity contribution in [1.29, 1.82) is 0 Å². The number of aliphatic hydroxyl groups excluding tert-OH is 4. The minimum absolute atomic E-state index is 0.0648. The van der Waals surface area contributed by atoms with E-state index >= 15 is 0 Å². The van der Waals surface area contributed by atoms with Crippen LogP contribution in [0.5, 0.6) is 0 Å². The van der Waals surface area contributed by atoms with Crippen LogP contribution >= 0.6 is 11.8 Å². The van der Waals surface area contributed by atoms with Gasteiger partial charge >= 0.3 is 0 Å². The molecule has 0 aromatic rings. The van der Waals surface area contributed by atoms with Crippen LogP contribution in [0.4, 0.5) is 0 Å². The summed E-state index contributed by atoms with van der Waals surface area (Å²) in [5.74, 6) is 3.75. The van der Waals surface area contributed by atoms with Gasteiger partial charge in [-0.15, -0.1) is 0 Å². The molecule has 0 aliphatic carbocycles. The molecule has 0 saturated carbocycles. The Morgan fingerprint density at radius 1 is 0.558 bits per heavy atom. The summed E-state index contributed by atoms with van der Waals surface area (Å²) in [4.78, 5) is 4.52. The van der Waals surface area contributed by atoms with Gasteiger partial charge in [-0.25, -0.2) is 0 Å². The first-order chi connectivity index (χ1) is 19.4. The smallest absolute Gasteiger partial charge is 0.0828 e. The maximum absolute atomic E-state index is 9.78. The Labute approximate surface area is 270 Å². The van der Waals surface area contributed by atoms with E-state index in [-0.39, 0.29) is 46.1 Å². The van der Waals surface area contributed by atoms with Crippen LogP contribution in [-0.2, 0) is 4.74 Å². The second kappa shape index (κ2) is 16.8. The molecule has 8 atom stereocenters. The molecule has 0 aromatic heterocycles. The highest BCUT2D eigenvalue weighted by atomic mass is 32.2. The number of hydrogen-bond acceptors (Lipinski definition) is 8. The number of hydrogen-bond donors (Lipinski definition) is 4. The Kier molecular flexibility index (Phi) is 16.0. The van der Waals surface area contributed by atoms with E-state index in [1.165, 1.54) is 0 Å². The molecule has 0 amide bonds. The lowest BCUT2D eigenvalue weighted by Gasteiger charge is -2.29. The molecule has 7 nitrogen and oxygen atoms in total. The highest BCUT2D eigenvalue weighted by Crippen LogP contribution is 2.38. The third-order valence-corrected chi connectivity index (χ3v) is 11.0. The monoisotopic (exact) mass is 633 g/mol. The summed E-state index contributed by atoms with van der Waals surface area (Å²) < 4.78 is 5.15. The van der Waals surface area contributed by atoms with Gasteiger partial charge in [-0.3, -0.25) is 0 Å². The number of rotatable bonds is 1. The lowest BCUT2D eigenvalue weighted by molar-refractivity contribution is 0.0814. The number of ether oxygens (including phenoxy) is 1. The van der Waals surface area contributed by atoms with Crippen LogP contribution in [0.3, 0.4) is 0 Å². The van der Waals surface area contributed by atoms with Crippen molar-refractivity contribution in [2.24, 2.45) is 45.3 Å². The van der Waals surface area contributed by atoms with Crippen LogP contribution in [0, 0.1) is 45.3 Å². The van der Waals surface area contributed by atoms with Gasteiger partial charge in [0.2, 0.25) is 0 Å². The van der Waals surface area contributed by atoms with Crippen molar-refractivity contribution >= 4 is 11.8 Å². The molecule has 258 valence electrons. The number of likely N-dealkylation sites (tertiary alicyclic amines) is 2. The summed E-state index contributed by atoms with van der Waals surface area (Å²) in [6.07, 6.45) is -0.560. The lowest BCUT2D eigenvalue weighted by atomic mass is 9.79. The van der Waals surface area contributed by atoms with Gasteiger partial charge in [-0.2, -0.15) is 11.8 Å². The van der Waals surface area contributed by atoms with Crippen LogP contribution < -0.4 is 0 Å². The first-order valence-electron chi connectivity index (χ1n) is 16.7. The van der Waals surface area contributed by atoms with Gasteiger partial charge in [0, 0.05) is 49.7 Å². The first kappa shape index (κ1) is 41.1. The Morgan fingerprint density at radius 3 is 1.23 bits per heavy atom. The van der Waals surface area contributed by atoms with Gasteiger partial charge in [0.25, 0.3) is 0 Å². The van der Waals surface area contributed by atoms with E-state index in [2.05, 4.69) is 107 Å². The second-order valence-electron chi connectivity index (χ2n) is 17.8. The van der Waals surface area contributed by atoms with Crippen molar-refractivity contribution in [3.8, 4) is 0 Å². The van der Waals surface area contributed by atoms with Gasteiger partial charge in [0.15, 0.2) is 0 Å². The predicted octanol–water partition coefficient (Wildman–Crippen LogP) is 5.10. The average molecular weight is 633 g/mol. The quantitative estimate of drug-likeness (QED) is 0.317. The molecule has 4 N–H and O–H groups in total. The Hall–Kier alpha value is 0.0700. The van der Waals surface area contributed by atoms with Crippen LogP contribution in [0.2, 0.25) is 0 Å². The third kappa shape index (κ3) is 13.8. The molecule has 43 heavy (non-hydrogen) atoms. The fourth-order valence-corrected chi connectivity index (χ4v) is 8.13. The van der Waals surface area contributed by atoms with Crippen molar-refractivity contribution in [2.75, 3.05) is 64.5 Å². The van der Waals surface area contributed by atoms with Crippen LogP contribution in [0.1, 0.15) is 90.0 Å². The third-order valence-electron chi connectivity index (χ3n) is 9.83. The van der Waals surface area contributed by atoms with Gasteiger partial charge in [-0.1, -0.05) is 90.0 Å². The largest absolute Gasteiger partial charge is 0.392 e. The second-order valence-corrected chi connectivity index (χ2v) is 18.9. The van der Waals surface area contributed by atoms with Gasteiger partial charge in [-0.05, 0) is 46.9 Å². The average Bonchev–Trinajstić information content (AvgIpc) is 3.60. The number of thioether (sulfide) groups is 1. The van der Waals surface area contributed by atoms with Gasteiger partial charge < -0.3 is 35.0 Å². The van der Waals surface area contributed by atoms with E-state index in [4.69, 9.17) is 4.74 Å². The van der Waals surface area contributed by atoms with Gasteiger partial charge in [0.05, 0.1) is 37.6 Å². The number of aliphatic hydroxyl groups is 4. The van der Waals surface area contributed by atoms with Crippen LogP contribution in [0.25, 0.3) is 0 Å². The minimum Gasteiger partial charge on any atom is -0.392 e. The van der Waals surface area contributed by atoms with Crippen molar-refractivity contribution in [2.45, 2.75) is 114 Å². The predicted molar refractivity (Wildman–Crippen MR) is 184 cm³/mol. The summed E-state index contributed by atoms with van der Waals surface area (Å²) in [6.45, 7) is 34.4. The molecule has 4 heterocycles. The van der Waals surface area contributed by atoms with Gasteiger partial charge in [0.1, 0.15) is 0 Å². The SMILES string of the molecule is CC(C)(C)[C@@H]1COC[C@H]1O.CC(C)(C)[C@@H]1CSC[C@H]1O.CCN1C[C@@H](O)[C@H](C(C)(C)C)C1.CN1C[C@@H](O)[C@H](C(C)(C)C)C1. The van der Waals surface area contributed by atoms with Crippen molar-refractivity contribution in [1.82, 2.24) is 9.80 Å². The van der Waals surface area contributed by atoms with Crippen molar-refractivity contribution in [3.05, 3.63) is 0 Å². The van der Waals surface area contributed by atoms with E-state index in [9.17, 15) is 20.4 Å². The Balaban J connectivity index is 0.000000287. The lowest BCUT2D eigenvalue weighted by Crippen LogP contribution is -2.30. The topological polar surface area (TPSA) is 96.6 Å². The van der Waals surface area contributed by atoms with E-state index < -0.39 is 0 Å². The molecule has 4 rings (SSSR count). The fourth-order valence-electron chi connectivity index (χ4n) is 6.55. The zero-order valence-corrected chi connectivity index (χ0v) is 31.3. The van der Waals surface area contributed by atoms with Crippen LogP contribution in [-0.4, -0.2) is 119 Å². The van der Waals surface area contributed by atoms with Crippen molar-refractivity contribution < 1.29 is 25.2 Å². The minimum atomic E-state index is -0.250. The molecule has 0 bridgehead atoms. The zero-order chi connectivity index (χ0) is 33.6. The van der Waals surface area contributed by atoms with E-state index in [1.807, 2.05) is 11.8 Å². The molecule has 8 heteroatoms. The maximum Gasteiger partial charge on any atom is 0.0828 e. The molecule has 4 aliphatic rings. The van der Waals surface area contributed by atoms with E-state index in [0.29, 0.717) is 36.9 Å². The molecule has 0 unspecified atom stereocenters. The summed E-state index contributed by atoms with van der Waals surface area (Å²) in [5.41, 5.74) is 0.937. The maximum atomic E-state index is 9.78. The normalized spacial score (nSPS) is 34.2. The number of β-amino-alcohol motifs (C(OH)–C–C–N with tert-alkyl or cyclic N) is 2. The summed E-state index contributed by atoms with van der Waals surface area (Å²) >= 11 is 1.87. The number of likely N-dealkylation sites (N-methyl/N-ethyl adjacent to an activating group) is 2. The molecule has 0 aromatic carbocycles. The molecular formula is C35H72N2O5S. The molecular weight excluding hydrogens is 560 g/mol. The molecule has 4 aliphatic heterocycles.